The molecule has 0 saturated heterocycles. The van der Waals surface area contributed by atoms with Crippen molar-refractivity contribution in [1.82, 2.24) is 15.0 Å². The molecule has 144 valence electrons. The van der Waals surface area contributed by atoms with Gasteiger partial charge in [0.05, 0.1) is 23.6 Å². The van der Waals surface area contributed by atoms with Gasteiger partial charge >= 0.3 is 0 Å². The van der Waals surface area contributed by atoms with E-state index in [4.69, 9.17) is 11.5 Å². The molecule has 1 aromatic carbocycles. The number of pyridine rings is 1. The van der Waals surface area contributed by atoms with Crippen molar-refractivity contribution in [3.05, 3.63) is 48.2 Å². The summed E-state index contributed by atoms with van der Waals surface area (Å²) in [6, 6.07) is 5.29. The van der Waals surface area contributed by atoms with E-state index >= 15 is 0 Å². The Morgan fingerprint density at radius 2 is 1.96 bits per heavy atom. The van der Waals surface area contributed by atoms with Crippen LogP contribution < -0.4 is 22.1 Å². The zero-order chi connectivity index (χ0) is 20.3. The van der Waals surface area contributed by atoms with Gasteiger partial charge in [-0.1, -0.05) is 6.92 Å². The van der Waals surface area contributed by atoms with Crippen LogP contribution in [0, 0.1) is 5.82 Å². The Labute approximate surface area is 159 Å². The average Bonchev–Trinajstić information content (AvgIpc) is 2.66. The molecule has 0 fully saturated rings. The zero-order valence-corrected chi connectivity index (χ0v) is 14.9. The first-order valence-corrected chi connectivity index (χ1v) is 8.42. The molecule has 9 nitrogen and oxygen atoms in total. The van der Waals surface area contributed by atoms with Crippen molar-refractivity contribution in [2.75, 3.05) is 10.6 Å². The maximum Gasteiger partial charge on any atom is 0.271 e. The van der Waals surface area contributed by atoms with Crippen molar-refractivity contribution in [3.8, 4) is 0 Å². The number of nitrogens with one attached hydrogen (secondary N) is 2. The molecule has 28 heavy (non-hydrogen) atoms. The van der Waals surface area contributed by atoms with Crippen LogP contribution in [0.25, 0.3) is 10.9 Å². The third-order valence-electron chi connectivity index (χ3n) is 3.99. The fraction of sp³-hybridized carbons (Fsp3) is 0.167. The van der Waals surface area contributed by atoms with E-state index in [1.165, 1.54) is 24.5 Å². The van der Waals surface area contributed by atoms with Gasteiger partial charge < -0.3 is 22.1 Å². The number of hydrogen-bond donors (Lipinski definition) is 4. The number of aromatic nitrogens is 3. The predicted molar refractivity (Wildman–Crippen MR) is 102 cm³/mol. The standard InChI is InChI=1S/C18H18FN7O2/c1-2-12(16(20)27)25-14-8-23-15(17(21)28)18(26-14)24-11-5-9-3-4-10(19)6-13(9)22-7-11/h3-8,12H,2H2,1H3,(H2,20,27)(H2,21,28)(H2,24,25,26)/t12-/m1/s1. The van der Waals surface area contributed by atoms with Crippen molar-refractivity contribution in [3.63, 3.8) is 0 Å². The van der Waals surface area contributed by atoms with E-state index in [0.717, 1.165) is 0 Å². The van der Waals surface area contributed by atoms with E-state index < -0.39 is 17.9 Å². The Kier molecular flexibility index (Phi) is 5.30. The van der Waals surface area contributed by atoms with Gasteiger partial charge in [0.1, 0.15) is 17.7 Å². The third-order valence-corrected chi connectivity index (χ3v) is 3.99. The number of benzene rings is 1. The summed E-state index contributed by atoms with van der Waals surface area (Å²) in [7, 11) is 0. The van der Waals surface area contributed by atoms with E-state index in [0.29, 0.717) is 23.0 Å². The van der Waals surface area contributed by atoms with E-state index in [-0.39, 0.29) is 23.1 Å². The van der Waals surface area contributed by atoms with Gasteiger partial charge in [-0.2, -0.15) is 0 Å². The first kappa shape index (κ1) is 19.0. The molecule has 2 amide bonds. The minimum absolute atomic E-state index is 0.0834. The van der Waals surface area contributed by atoms with Gasteiger partial charge in [0, 0.05) is 11.5 Å². The predicted octanol–water partition coefficient (Wildman–Crippen LogP) is 1.68. The molecule has 0 spiro atoms. The van der Waals surface area contributed by atoms with E-state index in [9.17, 15) is 14.0 Å². The number of nitrogens with two attached hydrogens (primary N) is 2. The van der Waals surface area contributed by atoms with Gasteiger partial charge in [-0.3, -0.25) is 14.6 Å². The first-order valence-electron chi connectivity index (χ1n) is 8.42. The summed E-state index contributed by atoms with van der Waals surface area (Å²) >= 11 is 0. The van der Waals surface area contributed by atoms with Crippen LogP contribution in [0.1, 0.15) is 23.8 Å². The van der Waals surface area contributed by atoms with Crippen LogP contribution in [0.2, 0.25) is 0 Å². The maximum absolute atomic E-state index is 13.3. The molecule has 0 saturated carbocycles. The molecule has 2 heterocycles. The average molecular weight is 383 g/mol. The monoisotopic (exact) mass is 383 g/mol. The quantitative estimate of drug-likeness (QED) is 0.485. The van der Waals surface area contributed by atoms with Crippen LogP contribution >= 0.6 is 0 Å². The number of fused-ring (bicyclic) bond motifs is 1. The first-order chi connectivity index (χ1) is 13.4. The number of nitrogens with zero attached hydrogens (tertiary/aromatic N) is 3. The smallest absolute Gasteiger partial charge is 0.271 e. The van der Waals surface area contributed by atoms with E-state index in [1.807, 2.05) is 0 Å². The Hall–Kier alpha value is -3.82. The summed E-state index contributed by atoms with van der Waals surface area (Å²) in [6.07, 6.45) is 3.20. The van der Waals surface area contributed by atoms with Crippen molar-refractivity contribution in [1.29, 1.82) is 0 Å². The fourth-order valence-corrected chi connectivity index (χ4v) is 2.58. The van der Waals surface area contributed by atoms with Gasteiger partial charge in [0.2, 0.25) is 5.91 Å². The highest BCUT2D eigenvalue weighted by atomic mass is 19.1. The van der Waals surface area contributed by atoms with Crippen LogP contribution in [0.3, 0.4) is 0 Å². The number of amides is 2. The molecule has 0 bridgehead atoms. The second-order valence-corrected chi connectivity index (χ2v) is 6.01. The van der Waals surface area contributed by atoms with Crippen LogP contribution in [0.5, 0.6) is 0 Å². The lowest BCUT2D eigenvalue weighted by atomic mass is 10.2. The molecule has 2 aromatic heterocycles. The maximum atomic E-state index is 13.3. The van der Waals surface area contributed by atoms with Crippen LogP contribution in [0.4, 0.5) is 21.7 Å². The SMILES string of the molecule is CC[C@@H](Nc1cnc(C(N)=O)c(Nc2cnc3cc(F)ccc3c2)n1)C(N)=O. The Bertz CT molecular complexity index is 1060. The molecule has 1 atom stereocenters. The Balaban J connectivity index is 1.94. The zero-order valence-electron chi connectivity index (χ0n) is 14.9. The van der Waals surface area contributed by atoms with Gasteiger partial charge in [-0.15, -0.1) is 0 Å². The van der Waals surface area contributed by atoms with Crippen LogP contribution in [-0.4, -0.2) is 32.8 Å². The summed E-state index contributed by atoms with van der Waals surface area (Å²) in [4.78, 5) is 35.6. The third kappa shape index (κ3) is 4.11. The van der Waals surface area contributed by atoms with Crippen molar-refractivity contribution in [2.24, 2.45) is 11.5 Å². The summed E-state index contributed by atoms with van der Waals surface area (Å²) in [6.45, 7) is 1.79. The highest BCUT2D eigenvalue weighted by Gasteiger charge is 2.17. The molecule has 3 rings (SSSR count). The minimum Gasteiger partial charge on any atom is -0.368 e. The van der Waals surface area contributed by atoms with Crippen LogP contribution in [-0.2, 0) is 4.79 Å². The Morgan fingerprint density at radius 3 is 2.64 bits per heavy atom. The molecular formula is C18H18FN7O2. The number of rotatable bonds is 7. The minimum atomic E-state index is -0.778. The topological polar surface area (TPSA) is 149 Å². The molecule has 6 N–H and O–H groups in total. The molecule has 10 heteroatoms. The van der Waals surface area contributed by atoms with Crippen molar-refractivity contribution >= 4 is 40.0 Å². The molecule has 3 aromatic rings. The highest BCUT2D eigenvalue weighted by Crippen LogP contribution is 2.23. The summed E-state index contributed by atoms with van der Waals surface area (Å²) in [5.41, 5.74) is 11.6. The molecule has 0 aliphatic carbocycles. The largest absolute Gasteiger partial charge is 0.368 e. The normalized spacial score (nSPS) is 11.8. The van der Waals surface area contributed by atoms with Gasteiger partial charge in [0.25, 0.3) is 5.91 Å². The summed E-state index contributed by atoms with van der Waals surface area (Å²) in [5, 5.41) is 6.48. The lowest BCUT2D eigenvalue weighted by Gasteiger charge is -2.15. The van der Waals surface area contributed by atoms with E-state index in [2.05, 4.69) is 25.6 Å². The lowest BCUT2D eigenvalue weighted by molar-refractivity contribution is -0.118. The molecule has 0 aliphatic heterocycles. The van der Waals surface area contributed by atoms with E-state index in [1.54, 1.807) is 19.1 Å². The molecule has 0 unspecified atom stereocenters. The second kappa shape index (κ2) is 7.82. The number of primary amides is 2. The van der Waals surface area contributed by atoms with Gasteiger partial charge in [0.15, 0.2) is 11.5 Å². The number of hydrogen-bond acceptors (Lipinski definition) is 7. The van der Waals surface area contributed by atoms with Crippen molar-refractivity contribution in [2.45, 2.75) is 19.4 Å². The second-order valence-electron chi connectivity index (χ2n) is 6.01. The fourth-order valence-electron chi connectivity index (χ4n) is 2.58. The van der Waals surface area contributed by atoms with Crippen molar-refractivity contribution < 1.29 is 14.0 Å². The molecule has 0 aliphatic rings. The number of halogens is 1. The summed E-state index contributed by atoms with van der Waals surface area (Å²) < 4.78 is 13.3. The molecule has 0 radical (unpaired) electrons. The Morgan fingerprint density at radius 1 is 1.18 bits per heavy atom. The highest BCUT2D eigenvalue weighted by molar-refractivity contribution is 5.96. The van der Waals surface area contributed by atoms with Gasteiger partial charge in [-0.25, -0.2) is 14.4 Å². The van der Waals surface area contributed by atoms with Crippen LogP contribution in [0.15, 0.2) is 36.7 Å². The number of carbonyl (C=O) groups excluding carboxylic acids is 2. The lowest BCUT2D eigenvalue weighted by Crippen LogP contribution is -2.35. The summed E-state index contributed by atoms with van der Waals surface area (Å²) in [5.74, 6) is -1.38. The molecular weight excluding hydrogens is 365 g/mol. The van der Waals surface area contributed by atoms with Gasteiger partial charge in [-0.05, 0) is 24.6 Å². The number of anilines is 3. The number of carbonyl (C=O) groups is 2.